The van der Waals surface area contributed by atoms with Crippen LogP contribution in [-0.2, 0) is 0 Å². The van der Waals surface area contributed by atoms with E-state index in [9.17, 15) is 10.2 Å². The molecular formula is C15H18N2O2. The van der Waals surface area contributed by atoms with Crippen LogP contribution in [0.4, 0.5) is 0 Å². The molecule has 2 atom stereocenters. The molecule has 19 heavy (non-hydrogen) atoms. The van der Waals surface area contributed by atoms with Crippen molar-refractivity contribution in [3.05, 3.63) is 53.9 Å². The van der Waals surface area contributed by atoms with Gasteiger partial charge in [-0.1, -0.05) is 6.07 Å². The summed E-state index contributed by atoms with van der Waals surface area (Å²) in [6.45, 7) is 3.98. The maximum Gasteiger partial charge on any atom is 0.120 e. The minimum absolute atomic E-state index is 0.0812. The number of nitrogens with zero attached hydrogens (tertiary/aromatic N) is 1. The van der Waals surface area contributed by atoms with Gasteiger partial charge < -0.3 is 15.5 Å². The molecule has 3 N–H and O–H groups in total. The van der Waals surface area contributed by atoms with Gasteiger partial charge >= 0.3 is 0 Å². The van der Waals surface area contributed by atoms with Gasteiger partial charge in [0.25, 0.3) is 0 Å². The Kier molecular flexibility index (Phi) is 4.02. The van der Waals surface area contributed by atoms with Crippen LogP contribution in [0.25, 0.3) is 0 Å². The molecule has 1 aromatic carbocycles. The first-order chi connectivity index (χ1) is 9.08. The highest BCUT2D eigenvalue weighted by Crippen LogP contribution is 2.29. The van der Waals surface area contributed by atoms with Crippen LogP contribution in [0.1, 0.15) is 37.1 Å². The average molecular weight is 258 g/mol. The number of aromatic nitrogens is 1. The number of hydrogen-bond donors (Lipinski definition) is 3. The Labute approximate surface area is 112 Å². The molecule has 0 fully saturated rings. The van der Waals surface area contributed by atoms with Crippen molar-refractivity contribution >= 4 is 0 Å². The van der Waals surface area contributed by atoms with Gasteiger partial charge in [-0.2, -0.15) is 0 Å². The Hall–Kier alpha value is -2.07. The first-order valence-electron chi connectivity index (χ1n) is 6.26. The Bertz CT molecular complexity index is 543. The number of rotatable bonds is 4. The summed E-state index contributed by atoms with van der Waals surface area (Å²) in [5, 5.41) is 22.7. The van der Waals surface area contributed by atoms with E-state index in [0.717, 1.165) is 5.56 Å². The number of benzene rings is 1. The van der Waals surface area contributed by atoms with E-state index in [1.54, 1.807) is 12.3 Å². The zero-order chi connectivity index (χ0) is 13.8. The molecule has 0 aliphatic carbocycles. The highest BCUT2D eigenvalue weighted by Gasteiger charge is 2.14. The second-order valence-electron chi connectivity index (χ2n) is 4.64. The molecule has 2 unspecified atom stereocenters. The summed E-state index contributed by atoms with van der Waals surface area (Å²) < 4.78 is 0. The number of nitrogens with one attached hydrogen (secondary N) is 1. The molecule has 0 amide bonds. The van der Waals surface area contributed by atoms with Gasteiger partial charge in [-0.3, -0.25) is 4.98 Å². The van der Waals surface area contributed by atoms with Gasteiger partial charge in [-0.15, -0.1) is 0 Å². The fraction of sp³-hybridized carbons (Fsp3) is 0.267. The van der Waals surface area contributed by atoms with E-state index in [1.165, 1.54) is 12.1 Å². The monoisotopic (exact) mass is 258 g/mol. The molecule has 1 heterocycles. The lowest BCUT2D eigenvalue weighted by Gasteiger charge is -2.21. The lowest BCUT2D eigenvalue weighted by molar-refractivity contribution is 0.429. The maximum atomic E-state index is 9.83. The lowest BCUT2D eigenvalue weighted by Crippen LogP contribution is -2.22. The molecular weight excluding hydrogens is 240 g/mol. The predicted molar refractivity (Wildman–Crippen MR) is 74.0 cm³/mol. The van der Waals surface area contributed by atoms with Crippen molar-refractivity contribution in [2.24, 2.45) is 0 Å². The van der Waals surface area contributed by atoms with Gasteiger partial charge in [0.05, 0.1) is 0 Å². The van der Waals surface area contributed by atoms with Gasteiger partial charge in [-0.25, -0.2) is 0 Å². The molecule has 2 rings (SSSR count). The quantitative estimate of drug-likeness (QED) is 0.738. The van der Waals surface area contributed by atoms with Crippen molar-refractivity contribution < 1.29 is 10.2 Å². The van der Waals surface area contributed by atoms with E-state index in [0.29, 0.717) is 5.56 Å². The molecule has 0 radical (unpaired) electrons. The number of aromatic hydroxyl groups is 2. The smallest absolute Gasteiger partial charge is 0.120 e. The highest BCUT2D eigenvalue weighted by atomic mass is 16.3. The summed E-state index contributed by atoms with van der Waals surface area (Å²) >= 11 is 0. The van der Waals surface area contributed by atoms with E-state index >= 15 is 0 Å². The molecule has 0 saturated heterocycles. The molecule has 0 aliphatic heterocycles. The Balaban J connectivity index is 2.13. The average Bonchev–Trinajstić information content (AvgIpc) is 2.42. The van der Waals surface area contributed by atoms with Crippen molar-refractivity contribution in [1.82, 2.24) is 10.3 Å². The van der Waals surface area contributed by atoms with Crippen LogP contribution in [0.2, 0.25) is 0 Å². The second-order valence-corrected chi connectivity index (χ2v) is 4.64. The number of phenolic OH excluding ortho intramolecular Hbond substituents is 2. The number of phenols is 2. The fourth-order valence-corrected chi connectivity index (χ4v) is 2.08. The molecule has 2 aromatic rings. The Morgan fingerprint density at radius 1 is 1.11 bits per heavy atom. The van der Waals surface area contributed by atoms with Crippen molar-refractivity contribution in [1.29, 1.82) is 0 Å². The molecule has 0 bridgehead atoms. The Morgan fingerprint density at radius 3 is 2.58 bits per heavy atom. The molecule has 0 saturated carbocycles. The summed E-state index contributed by atoms with van der Waals surface area (Å²) in [6.07, 6.45) is 3.55. The van der Waals surface area contributed by atoms with Crippen molar-refractivity contribution in [2.45, 2.75) is 25.9 Å². The van der Waals surface area contributed by atoms with Gasteiger partial charge in [0.1, 0.15) is 11.5 Å². The fourth-order valence-electron chi connectivity index (χ4n) is 2.08. The molecule has 1 aromatic heterocycles. The normalized spacial score (nSPS) is 14.0. The van der Waals surface area contributed by atoms with E-state index < -0.39 is 0 Å². The predicted octanol–water partition coefficient (Wildman–Crippen LogP) is 2.90. The third-order valence-electron chi connectivity index (χ3n) is 3.16. The van der Waals surface area contributed by atoms with Gasteiger partial charge in [0, 0.05) is 30.0 Å². The topological polar surface area (TPSA) is 65.4 Å². The largest absolute Gasteiger partial charge is 0.508 e. The summed E-state index contributed by atoms with van der Waals surface area (Å²) in [6, 6.07) is 8.45. The standard InChI is InChI=1S/C15H18N2O2/c1-10(12-4-3-7-16-9-12)17-11(2)14-8-13(18)5-6-15(14)19/h3-11,17-19H,1-2H3. The van der Waals surface area contributed by atoms with Crippen LogP contribution in [0.3, 0.4) is 0 Å². The third kappa shape index (κ3) is 3.23. The first kappa shape index (κ1) is 13.4. The molecule has 4 heteroatoms. The van der Waals surface area contributed by atoms with Crippen LogP contribution < -0.4 is 5.32 Å². The van der Waals surface area contributed by atoms with Crippen molar-refractivity contribution in [2.75, 3.05) is 0 Å². The maximum absolute atomic E-state index is 9.83. The van der Waals surface area contributed by atoms with Gasteiger partial charge in [0.2, 0.25) is 0 Å². The minimum atomic E-state index is -0.0812. The summed E-state index contributed by atoms with van der Waals surface area (Å²) in [5.74, 6) is 0.326. The molecule has 100 valence electrons. The highest BCUT2D eigenvalue weighted by molar-refractivity contribution is 5.40. The van der Waals surface area contributed by atoms with Crippen LogP contribution >= 0.6 is 0 Å². The van der Waals surface area contributed by atoms with E-state index in [1.807, 2.05) is 32.2 Å². The van der Waals surface area contributed by atoms with Crippen LogP contribution in [0.5, 0.6) is 11.5 Å². The molecule has 4 nitrogen and oxygen atoms in total. The summed E-state index contributed by atoms with van der Waals surface area (Å²) in [4.78, 5) is 4.09. The van der Waals surface area contributed by atoms with E-state index in [-0.39, 0.29) is 23.6 Å². The second kappa shape index (κ2) is 5.71. The molecule has 0 aliphatic rings. The van der Waals surface area contributed by atoms with Gasteiger partial charge in [0.15, 0.2) is 0 Å². The zero-order valence-corrected chi connectivity index (χ0v) is 11.0. The first-order valence-corrected chi connectivity index (χ1v) is 6.26. The van der Waals surface area contributed by atoms with Gasteiger partial charge in [-0.05, 0) is 43.7 Å². The van der Waals surface area contributed by atoms with Crippen LogP contribution in [0, 0.1) is 0 Å². The van der Waals surface area contributed by atoms with Crippen LogP contribution in [-0.4, -0.2) is 15.2 Å². The van der Waals surface area contributed by atoms with E-state index in [2.05, 4.69) is 10.3 Å². The SMILES string of the molecule is CC(NC(C)c1cc(O)ccc1O)c1cccnc1. The van der Waals surface area contributed by atoms with Crippen molar-refractivity contribution in [3.8, 4) is 11.5 Å². The zero-order valence-electron chi connectivity index (χ0n) is 11.0. The summed E-state index contributed by atoms with van der Waals surface area (Å²) in [7, 11) is 0. The lowest BCUT2D eigenvalue weighted by atomic mass is 10.0. The molecule has 0 spiro atoms. The minimum Gasteiger partial charge on any atom is -0.508 e. The Morgan fingerprint density at radius 2 is 1.89 bits per heavy atom. The van der Waals surface area contributed by atoms with Crippen LogP contribution in [0.15, 0.2) is 42.7 Å². The summed E-state index contributed by atoms with van der Waals surface area (Å²) in [5.41, 5.74) is 1.75. The number of pyridine rings is 1. The van der Waals surface area contributed by atoms with Crippen molar-refractivity contribution in [3.63, 3.8) is 0 Å². The third-order valence-corrected chi connectivity index (χ3v) is 3.16. The number of hydrogen-bond acceptors (Lipinski definition) is 4. The van der Waals surface area contributed by atoms with E-state index in [4.69, 9.17) is 0 Å².